The maximum Gasteiger partial charge on any atom is 0.418 e. The summed E-state index contributed by atoms with van der Waals surface area (Å²) in [7, 11) is 0. The Morgan fingerprint density at radius 1 is 2.00 bits per heavy atom. The average molecular weight is 104 g/mol. The van der Waals surface area contributed by atoms with Crippen molar-refractivity contribution in [2.75, 3.05) is 0 Å². The number of aliphatic hydroxyl groups is 1. The first-order chi connectivity index (χ1) is 3.18. The van der Waals surface area contributed by atoms with Gasteiger partial charge in [0.25, 0.3) is 0 Å². The highest BCUT2D eigenvalue weighted by atomic mass is 16.7. The molecular formula is C3H6NO3. The quantitative estimate of drug-likeness (QED) is 0.410. The van der Waals surface area contributed by atoms with Gasteiger partial charge in [-0.25, -0.2) is 0 Å². The molecule has 0 saturated heterocycles. The van der Waals surface area contributed by atoms with E-state index in [9.17, 15) is 10.1 Å². The minimum absolute atomic E-state index is 0.0903. The third-order valence-corrected chi connectivity index (χ3v) is 0.527. The minimum atomic E-state index is -0.806. The molecule has 0 unspecified atom stereocenters. The van der Waals surface area contributed by atoms with Crippen LogP contribution < -0.4 is 0 Å². The van der Waals surface area contributed by atoms with Gasteiger partial charge in [-0.15, -0.1) is 0 Å². The van der Waals surface area contributed by atoms with Crippen molar-refractivity contribution in [2.45, 2.75) is 13.3 Å². The van der Waals surface area contributed by atoms with Gasteiger partial charge in [0.2, 0.25) is 0 Å². The van der Waals surface area contributed by atoms with Crippen LogP contribution in [0.2, 0.25) is 0 Å². The predicted octanol–water partition coefficient (Wildman–Crippen LogP) is 0.535. The zero-order chi connectivity index (χ0) is 5.86. The summed E-state index contributed by atoms with van der Waals surface area (Å²) < 4.78 is 0. The summed E-state index contributed by atoms with van der Waals surface area (Å²) in [5.74, 6) is 0. The molecule has 7 heavy (non-hydrogen) atoms. The van der Waals surface area contributed by atoms with Crippen LogP contribution in [0.25, 0.3) is 0 Å². The Balaban J connectivity index is 3.34. The Hall–Kier alpha value is -0.640. The topological polar surface area (TPSA) is 63.4 Å². The lowest BCUT2D eigenvalue weighted by Crippen LogP contribution is -2.06. The van der Waals surface area contributed by atoms with Crippen LogP contribution >= 0.6 is 0 Å². The van der Waals surface area contributed by atoms with Crippen LogP contribution in [0.4, 0.5) is 0 Å². The molecule has 0 spiro atoms. The molecule has 0 bridgehead atoms. The van der Waals surface area contributed by atoms with Crippen molar-refractivity contribution in [3.8, 4) is 0 Å². The highest BCUT2D eigenvalue weighted by Crippen LogP contribution is 1.97. The molecule has 0 amide bonds. The molecule has 4 nitrogen and oxygen atoms in total. The van der Waals surface area contributed by atoms with Crippen molar-refractivity contribution in [1.29, 1.82) is 0 Å². The highest BCUT2D eigenvalue weighted by molar-refractivity contribution is 4.52. The van der Waals surface area contributed by atoms with Gasteiger partial charge in [-0.05, 0) is 0 Å². The van der Waals surface area contributed by atoms with E-state index in [0.29, 0.717) is 0 Å². The summed E-state index contributed by atoms with van der Waals surface area (Å²) >= 11 is 0. The van der Waals surface area contributed by atoms with Crippen molar-refractivity contribution < 1.29 is 10.0 Å². The molecule has 4 heteroatoms. The lowest BCUT2D eigenvalue weighted by atomic mass is 10.4. The summed E-state index contributed by atoms with van der Waals surface area (Å²) in [5.41, 5.74) is 0. The summed E-state index contributed by atoms with van der Waals surface area (Å²) in [4.78, 5) is 8.64. The van der Waals surface area contributed by atoms with Gasteiger partial charge in [-0.1, -0.05) is 6.92 Å². The second-order valence-corrected chi connectivity index (χ2v) is 1.03. The van der Waals surface area contributed by atoms with E-state index in [-0.39, 0.29) is 6.42 Å². The second kappa shape index (κ2) is 2.52. The van der Waals surface area contributed by atoms with E-state index in [1.54, 1.807) is 0 Å². The van der Waals surface area contributed by atoms with Crippen molar-refractivity contribution >= 4 is 0 Å². The first kappa shape index (κ1) is 6.36. The van der Waals surface area contributed by atoms with Crippen LogP contribution in [-0.4, -0.2) is 10.0 Å². The minimum Gasteiger partial charge on any atom is -0.323 e. The van der Waals surface area contributed by atoms with Gasteiger partial charge in [0.1, 0.15) is 0 Å². The number of aliphatic hydroxyl groups excluding tert-OH is 1. The van der Waals surface area contributed by atoms with Crippen molar-refractivity contribution in [2.24, 2.45) is 0 Å². The summed E-state index contributed by atoms with van der Waals surface area (Å²) in [6.45, 7) is 1.51. The molecule has 0 aromatic carbocycles. The molecule has 1 radical (unpaired) electrons. The lowest BCUT2D eigenvalue weighted by molar-refractivity contribution is -0.507. The van der Waals surface area contributed by atoms with E-state index in [1.165, 1.54) is 6.92 Å². The third-order valence-electron chi connectivity index (χ3n) is 0.527. The Labute approximate surface area is 40.9 Å². The summed E-state index contributed by atoms with van der Waals surface area (Å²) in [6, 6.07) is 0. The normalized spacial score (nSPS) is 9.57. The number of nitro groups is 1. The van der Waals surface area contributed by atoms with Gasteiger partial charge >= 0.3 is 6.23 Å². The number of hydrogen-bond donors (Lipinski definition) is 1. The maximum absolute atomic E-state index is 9.45. The van der Waals surface area contributed by atoms with Crippen LogP contribution in [0.5, 0.6) is 0 Å². The van der Waals surface area contributed by atoms with E-state index in [2.05, 4.69) is 0 Å². The highest BCUT2D eigenvalue weighted by Gasteiger charge is 2.14. The van der Waals surface area contributed by atoms with E-state index < -0.39 is 11.2 Å². The average Bonchev–Trinajstić information content (AvgIpc) is 1.65. The Morgan fingerprint density at radius 2 is 2.43 bits per heavy atom. The second-order valence-electron chi connectivity index (χ2n) is 1.03. The van der Waals surface area contributed by atoms with Crippen LogP contribution in [-0.2, 0) is 0 Å². The largest absolute Gasteiger partial charge is 0.418 e. The van der Waals surface area contributed by atoms with E-state index >= 15 is 0 Å². The van der Waals surface area contributed by atoms with Crippen molar-refractivity contribution in [3.63, 3.8) is 0 Å². The summed E-state index contributed by atoms with van der Waals surface area (Å²) in [5, 5.41) is 17.6. The molecule has 0 heterocycles. The molecule has 0 aliphatic rings. The molecule has 0 aromatic heterocycles. The van der Waals surface area contributed by atoms with Gasteiger partial charge in [0.05, 0.1) is 11.3 Å². The number of nitrogens with zero attached hydrogens (tertiary/aromatic N) is 1. The van der Waals surface area contributed by atoms with E-state index in [0.717, 1.165) is 0 Å². The predicted molar refractivity (Wildman–Crippen MR) is 22.5 cm³/mol. The SMILES string of the molecule is CC[C](O)[N+](=O)[O-]. The molecule has 0 aliphatic carbocycles. The van der Waals surface area contributed by atoms with E-state index in [4.69, 9.17) is 5.11 Å². The zero-order valence-corrected chi connectivity index (χ0v) is 3.92. The molecular weight excluding hydrogens is 98.0 g/mol. The standard InChI is InChI=1S/C3H6NO3/c1-2-3(5)4(6)7/h5H,2H2,1H3. The fourth-order valence-electron chi connectivity index (χ4n) is 0.129. The van der Waals surface area contributed by atoms with Crippen LogP contribution in [0, 0.1) is 16.3 Å². The smallest absolute Gasteiger partial charge is 0.323 e. The van der Waals surface area contributed by atoms with Gasteiger partial charge in [0.15, 0.2) is 0 Å². The third kappa shape index (κ3) is 2.11. The number of hydrogen-bond acceptors (Lipinski definition) is 3. The van der Waals surface area contributed by atoms with E-state index in [1.807, 2.05) is 0 Å². The van der Waals surface area contributed by atoms with Crippen LogP contribution in [0.3, 0.4) is 0 Å². The molecule has 41 valence electrons. The Morgan fingerprint density at radius 3 is 2.43 bits per heavy atom. The first-order valence-corrected chi connectivity index (χ1v) is 1.87. The fraction of sp³-hybridized carbons (Fsp3) is 0.667. The Bertz CT molecular complexity index is 72.6. The Kier molecular flexibility index (Phi) is 2.29. The summed E-state index contributed by atoms with van der Waals surface area (Å²) in [6.07, 6.45) is -0.590. The van der Waals surface area contributed by atoms with Gasteiger partial charge in [-0.2, -0.15) is 0 Å². The molecule has 0 aliphatic heterocycles. The van der Waals surface area contributed by atoms with Crippen molar-refractivity contribution in [3.05, 3.63) is 16.3 Å². The molecule has 0 aromatic rings. The van der Waals surface area contributed by atoms with Crippen molar-refractivity contribution in [1.82, 2.24) is 0 Å². The fourth-order valence-corrected chi connectivity index (χ4v) is 0.129. The van der Waals surface area contributed by atoms with Gasteiger partial charge in [-0.3, -0.25) is 10.1 Å². The lowest BCUT2D eigenvalue weighted by Gasteiger charge is -1.89. The molecule has 0 fully saturated rings. The zero-order valence-electron chi connectivity index (χ0n) is 3.92. The van der Waals surface area contributed by atoms with Gasteiger partial charge < -0.3 is 5.11 Å². The molecule has 0 atom stereocenters. The maximum atomic E-state index is 9.45. The van der Waals surface area contributed by atoms with Crippen LogP contribution in [0.1, 0.15) is 13.3 Å². The van der Waals surface area contributed by atoms with Gasteiger partial charge in [0, 0.05) is 0 Å². The van der Waals surface area contributed by atoms with Crippen LogP contribution in [0.15, 0.2) is 0 Å². The molecule has 0 saturated carbocycles. The monoisotopic (exact) mass is 104 g/mol. The molecule has 1 N–H and O–H groups in total. The molecule has 0 rings (SSSR count). The first-order valence-electron chi connectivity index (χ1n) is 1.87. The number of rotatable bonds is 2.